The molecule has 0 spiro atoms. The van der Waals surface area contributed by atoms with Crippen molar-refractivity contribution < 1.29 is 9.53 Å². The highest BCUT2D eigenvalue weighted by molar-refractivity contribution is 6.07. The smallest absolute Gasteiger partial charge is 0.259 e. The van der Waals surface area contributed by atoms with Crippen molar-refractivity contribution in [3.63, 3.8) is 0 Å². The Balaban J connectivity index is 1.52. The monoisotopic (exact) mass is 353 g/mol. The van der Waals surface area contributed by atoms with E-state index in [0.717, 1.165) is 22.0 Å². The van der Waals surface area contributed by atoms with Crippen LogP contribution in [0.1, 0.15) is 15.9 Å². The van der Waals surface area contributed by atoms with Crippen LogP contribution in [0.3, 0.4) is 0 Å². The molecule has 0 aliphatic carbocycles. The van der Waals surface area contributed by atoms with Gasteiger partial charge >= 0.3 is 0 Å². The molecule has 0 saturated heterocycles. The van der Waals surface area contributed by atoms with Crippen molar-refractivity contribution in [1.29, 1.82) is 0 Å². The van der Waals surface area contributed by atoms with Crippen LogP contribution in [0.25, 0.3) is 10.8 Å². The Morgan fingerprint density at radius 2 is 1.44 bits per heavy atom. The molecule has 0 saturated carbocycles. The molecule has 3 heteroatoms. The summed E-state index contributed by atoms with van der Waals surface area (Å²) in [6.07, 6.45) is 0. The van der Waals surface area contributed by atoms with Crippen LogP contribution in [0.2, 0.25) is 0 Å². The molecular weight excluding hydrogens is 334 g/mol. The average molecular weight is 353 g/mol. The van der Waals surface area contributed by atoms with Crippen molar-refractivity contribution in [3.8, 4) is 5.75 Å². The number of para-hydroxylation sites is 1. The number of carbonyl (C=O) groups is 1. The summed E-state index contributed by atoms with van der Waals surface area (Å²) in [6, 6.07) is 31.2. The number of fused-ring (bicyclic) bond motifs is 1. The maximum Gasteiger partial charge on any atom is 0.259 e. The van der Waals surface area contributed by atoms with Crippen molar-refractivity contribution in [2.75, 3.05) is 5.32 Å². The Bertz CT molecular complexity index is 1070. The van der Waals surface area contributed by atoms with Crippen LogP contribution in [0.5, 0.6) is 5.75 Å². The number of nitrogens with one attached hydrogen (secondary N) is 1. The third kappa shape index (κ3) is 3.98. The van der Waals surface area contributed by atoms with Crippen molar-refractivity contribution in [2.45, 2.75) is 6.61 Å². The van der Waals surface area contributed by atoms with Crippen LogP contribution in [-0.4, -0.2) is 5.91 Å². The molecule has 0 aliphatic rings. The third-order valence-corrected chi connectivity index (χ3v) is 4.38. The fourth-order valence-electron chi connectivity index (χ4n) is 2.98. The molecular formula is C24H19NO2. The van der Waals surface area contributed by atoms with Gasteiger partial charge in [-0.1, -0.05) is 72.8 Å². The molecule has 132 valence electrons. The Morgan fingerprint density at radius 1 is 0.741 bits per heavy atom. The number of ether oxygens (including phenoxy) is 1. The van der Waals surface area contributed by atoms with Crippen LogP contribution in [0.4, 0.5) is 5.69 Å². The molecule has 0 fully saturated rings. The molecule has 3 nitrogen and oxygen atoms in total. The van der Waals surface area contributed by atoms with Crippen LogP contribution in [-0.2, 0) is 6.61 Å². The quantitative estimate of drug-likeness (QED) is 0.502. The Kier molecular flexibility index (Phi) is 4.84. The van der Waals surface area contributed by atoms with E-state index in [9.17, 15) is 4.79 Å². The Hall–Kier alpha value is -3.59. The fourth-order valence-corrected chi connectivity index (χ4v) is 2.98. The summed E-state index contributed by atoms with van der Waals surface area (Å²) in [5, 5.41) is 5.20. The highest BCUT2D eigenvalue weighted by Gasteiger charge is 2.12. The minimum Gasteiger partial charge on any atom is -0.488 e. The van der Waals surface area contributed by atoms with E-state index in [1.165, 1.54) is 0 Å². The number of hydrogen-bond donors (Lipinski definition) is 1. The lowest BCUT2D eigenvalue weighted by atomic mass is 10.1. The van der Waals surface area contributed by atoms with E-state index < -0.39 is 0 Å². The predicted molar refractivity (Wildman–Crippen MR) is 109 cm³/mol. The van der Waals surface area contributed by atoms with Gasteiger partial charge in [0.25, 0.3) is 5.91 Å². The van der Waals surface area contributed by atoms with Crippen LogP contribution < -0.4 is 10.1 Å². The summed E-state index contributed by atoms with van der Waals surface area (Å²) < 4.78 is 5.89. The fraction of sp³-hybridized carbons (Fsp3) is 0.0417. The van der Waals surface area contributed by atoms with Gasteiger partial charge in [0, 0.05) is 5.69 Å². The SMILES string of the molecule is O=C(Nc1ccc2ccccc2c1)c1ccccc1OCc1ccccc1. The maximum absolute atomic E-state index is 12.8. The van der Waals surface area contributed by atoms with Gasteiger partial charge in [-0.15, -0.1) is 0 Å². The zero-order chi connectivity index (χ0) is 18.5. The second kappa shape index (κ2) is 7.75. The first-order valence-corrected chi connectivity index (χ1v) is 8.85. The van der Waals surface area contributed by atoms with Crippen molar-refractivity contribution in [2.24, 2.45) is 0 Å². The molecule has 0 unspecified atom stereocenters. The highest BCUT2D eigenvalue weighted by Crippen LogP contribution is 2.23. The zero-order valence-electron chi connectivity index (χ0n) is 14.8. The Morgan fingerprint density at radius 3 is 2.30 bits per heavy atom. The number of benzene rings is 4. The topological polar surface area (TPSA) is 38.3 Å². The average Bonchev–Trinajstić information content (AvgIpc) is 2.73. The van der Waals surface area contributed by atoms with Crippen LogP contribution >= 0.6 is 0 Å². The molecule has 1 N–H and O–H groups in total. The van der Waals surface area contributed by atoms with Crippen LogP contribution in [0.15, 0.2) is 97.1 Å². The number of anilines is 1. The van der Waals surface area contributed by atoms with Crippen molar-refractivity contribution in [1.82, 2.24) is 0 Å². The van der Waals surface area contributed by atoms with E-state index >= 15 is 0 Å². The van der Waals surface area contributed by atoms with Gasteiger partial charge in [-0.05, 0) is 40.6 Å². The molecule has 0 atom stereocenters. The standard InChI is InChI=1S/C24H19NO2/c26-24(25-21-15-14-19-10-4-5-11-20(19)16-21)22-12-6-7-13-23(22)27-17-18-8-2-1-3-9-18/h1-16H,17H2,(H,25,26). The molecule has 1 amide bonds. The van der Waals surface area contributed by atoms with Crippen LogP contribution in [0, 0.1) is 0 Å². The van der Waals surface area contributed by atoms with E-state index in [4.69, 9.17) is 4.74 Å². The van der Waals surface area contributed by atoms with Gasteiger partial charge < -0.3 is 10.1 Å². The minimum atomic E-state index is -0.186. The number of rotatable bonds is 5. The molecule has 27 heavy (non-hydrogen) atoms. The van der Waals surface area contributed by atoms with E-state index in [2.05, 4.69) is 5.32 Å². The summed E-state index contributed by atoms with van der Waals surface area (Å²) in [4.78, 5) is 12.8. The van der Waals surface area contributed by atoms with Gasteiger partial charge in [-0.25, -0.2) is 0 Å². The molecule has 0 aromatic heterocycles. The lowest BCUT2D eigenvalue weighted by Gasteiger charge is -2.12. The van der Waals surface area contributed by atoms with Crippen molar-refractivity contribution in [3.05, 3.63) is 108 Å². The first-order valence-electron chi connectivity index (χ1n) is 8.85. The number of hydrogen-bond acceptors (Lipinski definition) is 2. The zero-order valence-corrected chi connectivity index (χ0v) is 14.8. The molecule has 4 aromatic rings. The first-order chi connectivity index (χ1) is 13.3. The molecule has 0 bridgehead atoms. The summed E-state index contributed by atoms with van der Waals surface area (Å²) in [6.45, 7) is 0.418. The van der Waals surface area contributed by atoms with E-state index in [0.29, 0.717) is 17.9 Å². The summed E-state index contributed by atoms with van der Waals surface area (Å²) in [5.74, 6) is 0.383. The van der Waals surface area contributed by atoms with E-state index in [1.54, 1.807) is 6.07 Å². The van der Waals surface area contributed by atoms with Crippen molar-refractivity contribution >= 4 is 22.4 Å². The number of amides is 1. The van der Waals surface area contributed by atoms with Gasteiger partial charge in [-0.3, -0.25) is 4.79 Å². The van der Waals surface area contributed by atoms with Gasteiger partial charge in [0.15, 0.2) is 0 Å². The molecule has 4 rings (SSSR count). The maximum atomic E-state index is 12.8. The molecule has 0 aliphatic heterocycles. The lowest BCUT2D eigenvalue weighted by Crippen LogP contribution is -2.13. The molecule has 0 radical (unpaired) electrons. The second-order valence-electron chi connectivity index (χ2n) is 6.29. The minimum absolute atomic E-state index is 0.186. The normalized spacial score (nSPS) is 10.5. The summed E-state index contributed by atoms with van der Waals surface area (Å²) >= 11 is 0. The lowest BCUT2D eigenvalue weighted by molar-refractivity contribution is 0.102. The van der Waals surface area contributed by atoms with Gasteiger partial charge in [0.2, 0.25) is 0 Å². The first kappa shape index (κ1) is 16.9. The van der Waals surface area contributed by atoms with Gasteiger partial charge in [-0.2, -0.15) is 0 Å². The summed E-state index contributed by atoms with van der Waals surface area (Å²) in [7, 11) is 0. The molecule has 4 aromatic carbocycles. The highest BCUT2D eigenvalue weighted by atomic mass is 16.5. The predicted octanol–water partition coefficient (Wildman–Crippen LogP) is 5.67. The largest absolute Gasteiger partial charge is 0.488 e. The van der Waals surface area contributed by atoms with E-state index in [-0.39, 0.29) is 5.91 Å². The Labute approximate surface area is 158 Å². The van der Waals surface area contributed by atoms with E-state index in [1.807, 2.05) is 91.0 Å². The third-order valence-electron chi connectivity index (χ3n) is 4.38. The number of carbonyl (C=O) groups excluding carboxylic acids is 1. The molecule has 0 heterocycles. The second-order valence-corrected chi connectivity index (χ2v) is 6.29. The van der Waals surface area contributed by atoms with Gasteiger partial charge in [0.1, 0.15) is 12.4 Å². The van der Waals surface area contributed by atoms with Gasteiger partial charge in [0.05, 0.1) is 5.56 Å². The summed E-state index contributed by atoms with van der Waals surface area (Å²) in [5.41, 5.74) is 2.33.